The number of carbonyl (C=O) groups excluding carboxylic acids is 2. The number of alkyl carbamates (subject to hydrolysis) is 1. The van der Waals surface area contributed by atoms with Crippen LogP contribution in [-0.4, -0.2) is 30.7 Å². The van der Waals surface area contributed by atoms with Crippen molar-refractivity contribution in [3.63, 3.8) is 0 Å². The molecule has 0 aliphatic rings. The number of nitrogens with one attached hydrogen (secondary N) is 1. The molecule has 0 heterocycles. The molecule has 134 valence electrons. The van der Waals surface area contributed by atoms with E-state index in [4.69, 9.17) is 4.74 Å². The Kier molecular flexibility index (Phi) is 6.41. The monoisotopic (exact) mass is 334 g/mol. The third-order valence-corrected chi connectivity index (χ3v) is 3.71. The molecule has 24 heavy (non-hydrogen) atoms. The predicted octanol–water partition coefficient (Wildman–Crippen LogP) is 3.82. The quantitative estimate of drug-likeness (QED) is 0.911. The fraction of sp³-hybridized carbons (Fsp3) is 0.579. The molecule has 0 saturated heterocycles. The Balaban J connectivity index is 3.00. The first-order valence-electron chi connectivity index (χ1n) is 8.27. The molecule has 5 nitrogen and oxygen atoms in total. The number of rotatable bonds is 4. The Morgan fingerprint density at radius 2 is 1.62 bits per heavy atom. The topological polar surface area (TPSA) is 58.6 Å². The molecule has 0 spiro atoms. The molecule has 0 saturated carbocycles. The summed E-state index contributed by atoms with van der Waals surface area (Å²) in [7, 11) is 1.74. The molecule has 0 unspecified atom stereocenters. The van der Waals surface area contributed by atoms with Crippen LogP contribution in [0.25, 0.3) is 0 Å². The standard InChI is InChI=1S/C19H30N2O3/c1-12(2)15(20-18(23)24-19(5,6)7)17(22)21(8)16-13(3)10-9-11-14(16)4/h9-12,15H,1-8H3,(H,20,23)/t15-/m1/s1. The Morgan fingerprint density at radius 3 is 2.04 bits per heavy atom. The van der Waals surface area contributed by atoms with E-state index in [1.807, 2.05) is 45.9 Å². The minimum Gasteiger partial charge on any atom is -0.444 e. The first-order valence-corrected chi connectivity index (χ1v) is 8.27. The molecule has 1 N–H and O–H groups in total. The lowest BCUT2D eigenvalue weighted by Crippen LogP contribution is -2.51. The highest BCUT2D eigenvalue weighted by molar-refractivity contribution is 5.99. The average molecular weight is 334 g/mol. The van der Waals surface area contributed by atoms with Crippen LogP contribution in [0.15, 0.2) is 18.2 Å². The maximum absolute atomic E-state index is 12.9. The van der Waals surface area contributed by atoms with E-state index >= 15 is 0 Å². The van der Waals surface area contributed by atoms with Gasteiger partial charge in [-0.15, -0.1) is 0 Å². The van der Waals surface area contributed by atoms with Gasteiger partial charge in [-0.25, -0.2) is 4.79 Å². The highest BCUT2D eigenvalue weighted by Crippen LogP contribution is 2.24. The van der Waals surface area contributed by atoms with Gasteiger partial charge in [0.25, 0.3) is 0 Å². The highest BCUT2D eigenvalue weighted by Gasteiger charge is 2.30. The van der Waals surface area contributed by atoms with Gasteiger partial charge in [0.2, 0.25) is 5.91 Å². The molecule has 0 radical (unpaired) electrons. The molecule has 0 aromatic heterocycles. The average Bonchev–Trinajstić information content (AvgIpc) is 2.41. The maximum atomic E-state index is 12.9. The largest absolute Gasteiger partial charge is 0.444 e. The van der Waals surface area contributed by atoms with E-state index in [1.165, 1.54) is 0 Å². The normalized spacial score (nSPS) is 12.7. The van der Waals surface area contributed by atoms with Crippen LogP contribution < -0.4 is 10.2 Å². The molecule has 0 aliphatic heterocycles. The summed E-state index contributed by atoms with van der Waals surface area (Å²) in [6, 6.07) is 5.25. The molecule has 2 amide bonds. The number of hydrogen-bond donors (Lipinski definition) is 1. The minimum absolute atomic E-state index is 0.0585. The first kappa shape index (κ1) is 20.0. The number of likely N-dealkylation sites (N-methyl/N-ethyl adjacent to an activating group) is 1. The lowest BCUT2D eigenvalue weighted by molar-refractivity contribution is -0.121. The van der Waals surface area contributed by atoms with Gasteiger partial charge in [-0.05, 0) is 51.7 Å². The van der Waals surface area contributed by atoms with Gasteiger partial charge in [0.05, 0.1) is 0 Å². The van der Waals surface area contributed by atoms with Crippen molar-refractivity contribution in [1.29, 1.82) is 0 Å². The van der Waals surface area contributed by atoms with Crippen molar-refractivity contribution in [2.24, 2.45) is 5.92 Å². The Bertz CT molecular complexity index is 583. The minimum atomic E-state index is -0.649. The first-order chi connectivity index (χ1) is 10.9. The van der Waals surface area contributed by atoms with Crippen molar-refractivity contribution >= 4 is 17.7 Å². The fourth-order valence-electron chi connectivity index (χ4n) is 2.60. The maximum Gasteiger partial charge on any atom is 0.408 e. The van der Waals surface area contributed by atoms with Gasteiger partial charge in [0.15, 0.2) is 0 Å². The summed E-state index contributed by atoms with van der Waals surface area (Å²) in [6.07, 6.45) is -0.579. The summed E-state index contributed by atoms with van der Waals surface area (Å²) in [4.78, 5) is 26.6. The smallest absolute Gasteiger partial charge is 0.408 e. The lowest BCUT2D eigenvalue weighted by Gasteiger charge is -2.30. The van der Waals surface area contributed by atoms with E-state index < -0.39 is 17.7 Å². The zero-order valence-corrected chi connectivity index (χ0v) is 16.1. The van der Waals surface area contributed by atoms with Gasteiger partial charge in [-0.3, -0.25) is 4.79 Å². The van der Waals surface area contributed by atoms with Crippen LogP contribution in [0.3, 0.4) is 0 Å². The molecule has 1 atom stereocenters. The van der Waals surface area contributed by atoms with Crippen LogP contribution in [-0.2, 0) is 9.53 Å². The fourth-order valence-corrected chi connectivity index (χ4v) is 2.60. The van der Waals surface area contributed by atoms with Gasteiger partial charge in [-0.2, -0.15) is 0 Å². The number of hydrogen-bond acceptors (Lipinski definition) is 3. The third kappa shape index (κ3) is 5.25. The van der Waals surface area contributed by atoms with E-state index in [1.54, 1.807) is 32.7 Å². The van der Waals surface area contributed by atoms with Gasteiger partial charge >= 0.3 is 6.09 Å². The zero-order chi connectivity index (χ0) is 18.7. The van der Waals surface area contributed by atoms with E-state index in [-0.39, 0.29) is 11.8 Å². The number of benzene rings is 1. The third-order valence-electron chi connectivity index (χ3n) is 3.71. The Labute approximate surface area is 145 Å². The van der Waals surface area contributed by atoms with E-state index in [0.717, 1.165) is 16.8 Å². The van der Waals surface area contributed by atoms with Crippen molar-refractivity contribution in [1.82, 2.24) is 5.32 Å². The van der Waals surface area contributed by atoms with E-state index in [2.05, 4.69) is 5.32 Å². The van der Waals surface area contributed by atoms with Crippen LogP contribution in [0.5, 0.6) is 0 Å². The molecular weight excluding hydrogens is 304 g/mol. The van der Waals surface area contributed by atoms with E-state index in [9.17, 15) is 9.59 Å². The van der Waals surface area contributed by atoms with Crippen LogP contribution in [0, 0.1) is 19.8 Å². The predicted molar refractivity (Wildman–Crippen MR) is 97.3 cm³/mol. The SMILES string of the molecule is Cc1cccc(C)c1N(C)C(=O)[C@H](NC(=O)OC(C)(C)C)C(C)C. The van der Waals surface area contributed by atoms with Crippen molar-refractivity contribution in [3.05, 3.63) is 29.3 Å². The van der Waals surface area contributed by atoms with Gasteiger partial charge in [-0.1, -0.05) is 32.0 Å². The van der Waals surface area contributed by atoms with Gasteiger partial charge in [0, 0.05) is 12.7 Å². The highest BCUT2D eigenvalue weighted by atomic mass is 16.6. The summed E-state index contributed by atoms with van der Waals surface area (Å²) in [5.74, 6) is -0.218. The summed E-state index contributed by atoms with van der Waals surface area (Å²) in [5, 5.41) is 2.71. The van der Waals surface area contributed by atoms with Crippen molar-refractivity contribution in [2.45, 2.75) is 60.1 Å². The van der Waals surface area contributed by atoms with E-state index in [0.29, 0.717) is 0 Å². The molecule has 1 rings (SSSR count). The molecule has 0 fully saturated rings. The lowest BCUT2D eigenvalue weighted by atomic mass is 10.0. The summed E-state index contributed by atoms with van der Waals surface area (Å²) < 4.78 is 5.28. The second kappa shape index (κ2) is 7.69. The number of ether oxygens (including phenoxy) is 1. The Hall–Kier alpha value is -2.04. The van der Waals surface area contributed by atoms with Crippen LogP contribution in [0.2, 0.25) is 0 Å². The molecule has 0 bridgehead atoms. The number of nitrogens with zero attached hydrogens (tertiary/aromatic N) is 1. The molecule has 1 aromatic rings. The number of amides is 2. The second-order valence-electron chi connectivity index (χ2n) is 7.51. The molecule has 1 aromatic carbocycles. The zero-order valence-electron chi connectivity index (χ0n) is 16.1. The molecule has 5 heteroatoms. The number of carbonyl (C=O) groups is 2. The van der Waals surface area contributed by atoms with Crippen molar-refractivity contribution in [3.8, 4) is 0 Å². The second-order valence-corrected chi connectivity index (χ2v) is 7.51. The van der Waals surface area contributed by atoms with Crippen LogP contribution in [0.1, 0.15) is 45.7 Å². The van der Waals surface area contributed by atoms with Crippen LogP contribution in [0.4, 0.5) is 10.5 Å². The number of anilines is 1. The number of para-hydroxylation sites is 1. The summed E-state index contributed by atoms with van der Waals surface area (Å²) in [5.41, 5.74) is 2.31. The van der Waals surface area contributed by atoms with Crippen LogP contribution >= 0.6 is 0 Å². The summed E-state index contributed by atoms with van der Waals surface area (Å²) >= 11 is 0. The number of aryl methyl sites for hydroxylation is 2. The molecule has 0 aliphatic carbocycles. The van der Waals surface area contributed by atoms with Gasteiger partial charge < -0.3 is 15.0 Å². The van der Waals surface area contributed by atoms with Crippen molar-refractivity contribution in [2.75, 3.05) is 11.9 Å². The van der Waals surface area contributed by atoms with Crippen molar-refractivity contribution < 1.29 is 14.3 Å². The Morgan fingerprint density at radius 1 is 1.12 bits per heavy atom. The van der Waals surface area contributed by atoms with Gasteiger partial charge in [0.1, 0.15) is 11.6 Å². The molecular formula is C19H30N2O3. The summed E-state index contributed by atoms with van der Waals surface area (Å²) in [6.45, 7) is 13.1.